The van der Waals surface area contributed by atoms with E-state index in [1.54, 1.807) is 32.1 Å². The molecule has 1 aliphatic heterocycles. The maximum Gasteiger partial charge on any atom is 0.258 e. The van der Waals surface area contributed by atoms with Gasteiger partial charge in [-0.2, -0.15) is 0 Å². The van der Waals surface area contributed by atoms with Crippen LogP contribution in [0.25, 0.3) is 0 Å². The zero-order valence-corrected chi connectivity index (χ0v) is 20.0. The van der Waals surface area contributed by atoms with Crippen LogP contribution in [0.1, 0.15) is 34.3 Å². The van der Waals surface area contributed by atoms with Gasteiger partial charge in [-0.3, -0.25) is 9.69 Å². The predicted molar refractivity (Wildman–Crippen MR) is 132 cm³/mol. The van der Waals surface area contributed by atoms with E-state index in [-0.39, 0.29) is 17.8 Å². The first-order chi connectivity index (χ1) is 16.5. The van der Waals surface area contributed by atoms with Gasteiger partial charge in [0.2, 0.25) is 0 Å². The lowest BCUT2D eigenvalue weighted by atomic mass is 9.99. The van der Waals surface area contributed by atoms with Gasteiger partial charge in [-0.15, -0.1) is 0 Å². The predicted octanol–water partition coefficient (Wildman–Crippen LogP) is 5.46. The molecule has 5 nitrogen and oxygen atoms in total. The van der Waals surface area contributed by atoms with Crippen molar-refractivity contribution < 1.29 is 18.7 Å². The van der Waals surface area contributed by atoms with Gasteiger partial charge < -0.3 is 14.4 Å². The highest BCUT2D eigenvalue weighted by atomic mass is 19.1. The van der Waals surface area contributed by atoms with Gasteiger partial charge in [0.25, 0.3) is 5.91 Å². The topological polar surface area (TPSA) is 42.0 Å². The molecule has 3 aromatic rings. The molecule has 1 aliphatic rings. The molecule has 3 aromatic carbocycles. The maximum atomic E-state index is 14.4. The highest BCUT2D eigenvalue weighted by Gasteiger charge is 2.30. The number of hydrogen-bond acceptors (Lipinski definition) is 4. The molecule has 0 aliphatic carbocycles. The van der Waals surface area contributed by atoms with Crippen LogP contribution in [0, 0.1) is 12.7 Å². The number of nitrogens with zero attached hydrogens (tertiary/aromatic N) is 2. The average Bonchev–Trinajstić information content (AvgIpc) is 2.88. The number of aryl methyl sites for hydroxylation is 1. The zero-order valence-electron chi connectivity index (χ0n) is 20.0. The Morgan fingerprint density at radius 1 is 1.00 bits per heavy atom. The highest BCUT2D eigenvalue weighted by molar-refractivity contribution is 6.06. The van der Waals surface area contributed by atoms with Gasteiger partial charge >= 0.3 is 0 Å². The highest BCUT2D eigenvalue weighted by Crippen LogP contribution is 2.30. The van der Waals surface area contributed by atoms with Crippen molar-refractivity contribution in [2.24, 2.45) is 0 Å². The van der Waals surface area contributed by atoms with Gasteiger partial charge in [0.15, 0.2) is 0 Å². The molecule has 1 heterocycles. The summed E-state index contributed by atoms with van der Waals surface area (Å²) in [4.78, 5) is 17.7. The molecule has 0 atom stereocenters. The SMILES string of the molecule is COc1ccc(CN2CCC(N(C(=O)c3ccccc3)c3ccc(C)c(F)c3)CC2)c(OC)c1. The Kier molecular flexibility index (Phi) is 7.48. The van der Waals surface area contributed by atoms with E-state index in [1.165, 1.54) is 6.07 Å². The normalized spacial score (nSPS) is 14.6. The molecule has 0 bridgehead atoms. The first kappa shape index (κ1) is 23.8. The van der Waals surface area contributed by atoms with Crippen molar-refractivity contribution in [3.05, 3.63) is 89.2 Å². The summed E-state index contributed by atoms with van der Waals surface area (Å²) in [6.07, 6.45) is 1.60. The van der Waals surface area contributed by atoms with Gasteiger partial charge in [-0.05, 0) is 55.7 Å². The third kappa shape index (κ3) is 5.23. The van der Waals surface area contributed by atoms with Crippen LogP contribution in [0.4, 0.5) is 10.1 Å². The van der Waals surface area contributed by atoms with Crippen molar-refractivity contribution in [2.45, 2.75) is 32.4 Å². The van der Waals surface area contributed by atoms with Crippen LogP contribution in [0.5, 0.6) is 11.5 Å². The molecular weight excluding hydrogens is 431 g/mol. The summed E-state index contributed by atoms with van der Waals surface area (Å²) in [5.41, 5.74) is 2.87. The number of carbonyl (C=O) groups excluding carboxylic acids is 1. The van der Waals surface area contributed by atoms with E-state index in [9.17, 15) is 9.18 Å². The van der Waals surface area contributed by atoms with E-state index in [1.807, 2.05) is 54.6 Å². The molecule has 1 fully saturated rings. The Bertz CT molecular complexity index is 1130. The largest absolute Gasteiger partial charge is 0.497 e. The van der Waals surface area contributed by atoms with Crippen molar-refractivity contribution in [3.63, 3.8) is 0 Å². The lowest BCUT2D eigenvalue weighted by Crippen LogP contribution is -2.47. The lowest BCUT2D eigenvalue weighted by molar-refractivity contribution is 0.0958. The standard InChI is InChI=1S/C28H31FN2O3/c1-20-9-11-24(17-26(20)29)31(28(32)21-7-5-4-6-8-21)23-13-15-30(16-14-23)19-22-10-12-25(33-2)18-27(22)34-3/h4-12,17-18,23H,13-16,19H2,1-3H3. The lowest BCUT2D eigenvalue weighted by Gasteiger charge is -2.39. The molecule has 1 saturated heterocycles. The number of carbonyl (C=O) groups is 1. The number of rotatable bonds is 7. The first-order valence-corrected chi connectivity index (χ1v) is 11.6. The van der Waals surface area contributed by atoms with Gasteiger partial charge in [0, 0.05) is 48.6 Å². The van der Waals surface area contributed by atoms with E-state index in [0.717, 1.165) is 49.5 Å². The number of piperidine rings is 1. The first-order valence-electron chi connectivity index (χ1n) is 11.6. The molecule has 34 heavy (non-hydrogen) atoms. The summed E-state index contributed by atoms with van der Waals surface area (Å²) < 4.78 is 25.3. The number of hydrogen-bond donors (Lipinski definition) is 0. The summed E-state index contributed by atoms with van der Waals surface area (Å²) in [5, 5.41) is 0. The van der Waals surface area contributed by atoms with Crippen molar-refractivity contribution in [1.82, 2.24) is 4.90 Å². The van der Waals surface area contributed by atoms with Gasteiger partial charge in [-0.25, -0.2) is 4.39 Å². The minimum absolute atomic E-state index is 0.0103. The van der Waals surface area contributed by atoms with Crippen LogP contribution >= 0.6 is 0 Å². The number of benzene rings is 3. The second-order valence-electron chi connectivity index (χ2n) is 8.66. The summed E-state index contributed by atoms with van der Waals surface area (Å²) in [7, 11) is 3.31. The maximum absolute atomic E-state index is 14.4. The average molecular weight is 463 g/mol. The fourth-order valence-corrected chi connectivity index (χ4v) is 4.50. The fraction of sp³-hybridized carbons (Fsp3) is 0.321. The van der Waals surface area contributed by atoms with E-state index >= 15 is 0 Å². The molecule has 0 spiro atoms. The van der Waals surface area contributed by atoms with Gasteiger partial charge in [0.05, 0.1) is 14.2 Å². The van der Waals surface area contributed by atoms with E-state index in [2.05, 4.69) is 4.90 Å². The van der Waals surface area contributed by atoms with Crippen molar-refractivity contribution in [2.75, 3.05) is 32.2 Å². The number of amides is 1. The smallest absolute Gasteiger partial charge is 0.258 e. The zero-order chi connectivity index (χ0) is 24.1. The third-order valence-corrected chi connectivity index (χ3v) is 6.48. The number of anilines is 1. The van der Waals surface area contributed by atoms with Crippen LogP contribution in [-0.2, 0) is 6.54 Å². The van der Waals surface area contributed by atoms with Crippen molar-refractivity contribution in [3.8, 4) is 11.5 Å². The molecule has 178 valence electrons. The van der Waals surface area contributed by atoms with Crippen LogP contribution in [-0.4, -0.2) is 44.2 Å². The van der Waals surface area contributed by atoms with Crippen molar-refractivity contribution in [1.29, 1.82) is 0 Å². The molecular formula is C28H31FN2O3. The Morgan fingerprint density at radius 2 is 1.74 bits per heavy atom. The Hall–Kier alpha value is -3.38. The van der Waals surface area contributed by atoms with Crippen LogP contribution in [0.3, 0.4) is 0 Å². The third-order valence-electron chi connectivity index (χ3n) is 6.48. The van der Waals surface area contributed by atoms with Crippen LogP contribution < -0.4 is 14.4 Å². The minimum Gasteiger partial charge on any atom is -0.497 e. The molecule has 0 radical (unpaired) electrons. The second-order valence-corrected chi connectivity index (χ2v) is 8.66. The van der Waals surface area contributed by atoms with E-state index < -0.39 is 0 Å². The monoisotopic (exact) mass is 462 g/mol. The minimum atomic E-state index is -0.299. The second kappa shape index (κ2) is 10.7. The number of likely N-dealkylation sites (tertiary alicyclic amines) is 1. The Labute approximate surface area is 200 Å². The Morgan fingerprint density at radius 3 is 2.38 bits per heavy atom. The number of halogens is 1. The van der Waals surface area contributed by atoms with Gasteiger partial charge in [0.1, 0.15) is 17.3 Å². The van der Waals surface area contributed by atoms with E-state index in [0.29, 0.717) is 16.8 Å². The molecule has 0 saturated carbocycles. The summed E-state index contributed by atoms with van der Waals surface area (Å²) >= 11 is 0. The summed E-state index contributed by atoms with van der Waals surface area (Å²) in [6.45, 7) is 4.14. The number of methoxy groups -OCH3 is 2. The molecule has 1 amide bonds. The molecule has 0 aromatic heterocycles. The van der Waals surface area contributed by atoms with Gasteiger partial charge in [-0.1, -0.05) is 30.3 Å². The fourth-order valence-electron chi connectivity index (χ4n) is 4.50. The molecule has 0 N–H and O–H groups in total. The number of ether oxygens (including phenoxy) is 2. The molecule has 6 heteroatoms. The van der Waals surface area contributed by atoms with E-state index in [4.69, 9.17) is 9.47 Å². The molecule has 4 rings (SSSR count). The van der Waals surface area contributed by atoms with Crippen LogP contribution in [0.2, 0.25) is 0 Å². The van der Waals surface area contributed by atoms with Crippen molar-refractivity contribution >= 4 is 11.6 Å². The molecule has 0 unspecified atom stereocenters. The summed E-state index contributed by atoms with van der Waals surface area (Å²) in [5.74, 6) is 1.17. The summed E-state index contributed by atoms with van der Waals surface area (Å²) in [6, 6.07) is 20.1. The Balaban J connectivity index is 1.52. The van der Waals surface area contributed by atoms with Crippen LogP contribution in [0.15, 0.2) is 66.7 Å². The quantitative estimate of drug-likeness (QED) is 0.467.